The molecule has 0 saturated heterocycles. The summed E-state index contributed by atoms with van der Waals surface area (Å²) in [5, 5.41) is 0. The van der Waals surface area contributed by atoms with Crippen LogP contribution in [0.15, 0.2) is 24.3 Å². The van der Waals surface area contributed by atoms with E-state index in [2.05, 4.69) is 0 Å². The number of benzene rings is 1. The van der Waals surface area contributed by atoms with Crippen molar-refractivity contribution < 1.29 is 14.3 Å². The molecule has 3 heteroatoms. The molecule has 15 heavy (non-hydrogen) atoms. The van der Waals surface area contributed by atoms with Gasteiger partial charge < -0.3 is 9.47 Å². The molecule has 3 nitrogen and oxygen atoms in total. The summed E-state index contributed by atoms with van der Waals surface area (Å²) in [6.45, 7) is 1.45. The molecule has 0 amide bonds. The number of hydrogen-bond acceptors (Lipinski definition) is 3. The van der Waals surface area contributed by atoms with Crippen molar-refractivity contribution >= 4 is 5.97 Å². The van der Waals surface area contributed by atoms with Crippen LogP contribution >= 0.6 is 0 Å². The average molecular weight is 206 g/mol. The molecular weight excluding hydrogens is 192 g/mol. The number of hydrogen-bond donors (Lipinski definition) is 0. The van der Waals surface area contributed by atoms with Gasteiger partial charge in [0.25, 0.3) is 0 Å². The second kappa shape index (κ2) is 3.93. The van der Waals surface area contributed by atoms with E-state index in [-0.39, 0.29) is 12.1 Å². The smallest absolute Gasteiger partial charge is 0.302 e. The van der Waals surface area contributed by atoms with E-state index in [1.165, 1.54) is 12.5 Å². The van der Waals surface area contributed by atoms with Crippen LogP contribution in [0.2, 0.25) is 0 Å². The molecule has 0 N–H and O–H groups in total. The molecule has 2 atom stereocenters. The number of carbonyl (C=O) groups is 1. The number of methoxy groups -OCH3 is 1. The Morgan fingerprint density at radius 3 is 2.53 bits per heavy atom. The Balaban J connectivity index is 1.97. The quantitative estimate of drug-likeness (QED) is 0.710. The third-order valence-electron chi connectivity index (χ3n) is 2.59. The summed E-state index contributed by atoms with van der Waals surface area (Å²) in [7, 11) is 1.65. The molecule has 2 rings (SSSR count). The lowest BCUT2D eigenvalue weighted by Crippen LogP contribution is -2.02. The van der Waals surface area contributed by atoms with E-state index in [9.17, 15) is 4.79 Å². The number of carbonyl (C=O) groups excluding carboxylic acids is 1. The molecule has 0 bridgehead atoms. The van der Waals surface area contributed by atoms with Crippen LogP contribution < -0.4 is 4.74 Å². The fourth-order valence-electron chi connectivity index (χ4n) is 1.72. The topological polar surface area (TPSA) is 35.5 Å². The molecule has 1 aliphatic carbocycles. The summed E-state index contributed by atoms with van der Waals surface area (Å²) in [5.74, 6) is 1.03. The molecule has 1 aromatic rings. The first-order chi connectivity index (χ1) is 7.20. The van der Waals surface area contributed by atoms with E-state index in [0.717, 1.165) is 12.2 Å². The van der Waals surface area contributed by atoms with Crippen LogP contribution in [0, 0.1) is 0 Å². The Bertz CT molecular complexity index is 356. The highest BCUT2D eigenvalue weighted by atomic mass is 16.5. The molecule has 0 radical (unpaired) electrons. The summed E-state index contributed by atoms with van der Waals surface area (Å²) in [4.78, 5) is 10.7. The van der Waals surface area contributed by atoms with Crippen molar-refractivity contribution in [1.29, 1.82) is 0 Å². The first-order valence-electron chi connectivity index (χ1n) is 5.02. The summed E-state index contributed by atoms with van der Waals surface area (Å²) in [6, 6.07) is 7.90. The number of rotatable bonds is 3. The van der Waals surface area contributed by atoms with Gasteiger partial charge in [0.1, 0.15) is 11.9 Å². The van der Waals surface area contributed by atoms with Crippen LogP contribution in [0.25, 0.3) is 0 Å². The molecule has 0 aliphatic heterocycles. The van der Waals surface area contributed by atoms with Crippen LogP contribution in [0.4, 0.5) is 0 Å². The van der Waals surface area contributed by atoms with Gasteiger partial charge in [-0.25, -0.2) is 0 Å². The first-order valence-corrected chi connectivity index (χ1v) is 5.02. The van der Waals surface area contributed by atoms with Gasteiger partial charge in [0, 0.05) is 12.8 Å². The van der Waals surface area contributed by atoms with Gasteiger partial charge in [-0.05, 0) is 24.1 Å². The molecular formula is C12H14O3. The second-order valence-corrected chi connectivity index (χ2v) is 3.76. The Kier molecular flexibility index (Phi) is 2.62. The third-order valence-corrected chi connectivity index (χ3v) is 2.59. The predicted molar refractivity (Wildman–Crippen MR) is 55.9 cm³/mol. The van der Waals surface area contributed by atoms with Crippen LogP contribution in [-0.4, -0.2) is 19.2 Å². The maximum Gasteiger partial charge on any atom is 0.302 e. The summed E-state index contributed by atoms with van der Waals surface area (Å²) < 4.78 is 10.2. The van der Waals surface area contributed by atoms with E-state index in [1.54, 1.807) is 7.11 Å². The van der Waals surface area contributed by atoms with E-state index in [0.29, 0.717) is 5.92 Å². The molecule has 0 heterocycles. The normalized spacial score (nSPS) is 23.3. The van der Waals surface area contributed by atoms with E-state index in [4.69, 9.17) is 9.47 Å². The molecule has 80 valence electrons. The van der Waals surface area contributed by atoms with Gasteiger partial charge in [-0.2, -0.15) is 0 Å². The Morgan fingerprint density at radius 2 is 2.00 bits per heavy atom. The van der Waals surface area contributed by atoms with Crippen molar-refractivity contribution in [2.45, 2.75) is 25.4 Å². The fourth-order valence-corrected chi connectivity index (χ4v) is 1.72. The SMILES string of the molecule is COc1ccc(C2CC2OC(C)=O)cc1. The third kappa shape index (κ3) is 2.29. The highest BCUT2D eigenvalue weighted by Crippen LogP contribution is 2.43. The Hall–Kier alpha value is -1.51. The molecule has 1 aliphatic rings. The van der Waals surface area contributed by atoms with E-state index in [1.807, 2.05) is 24.3 Å². The summed E-state index contributed by atoms with van der Waals surface area (Å²) in [5.41, 5.74) is 1.21. The fraction of sp³-hybridized carbons (Fsp3) is 0.417. The van der Waals surface area contributed by atoms with Gasteiger partial charge >= 0.3 is 5.97 Å². The average Bonchev–Trinajstić information content (AvgIpc) is 2.96. The minimum atomic E-state index is -0.198. The van der Waals surface area contributed by atoms with Crippen LogP contribution in [0.3, 0.4) is 0 Å². The molecule has 1 fully saturated rings. The van der Waals surface area contributed by atoms with E-state index < -0.39 is 0 Å². The van der Waals surface area contributed by atoms with Gasteiger partial charge in [-0.15, -0.1) is 0 Å². The van der Waals surface area contributed by atoms with Gasteiger partial charge in [0.2, 0.25) is 0 Å². The number of ether oxygens (including phenoxy) is 2. The first kappa shape index (κ1) is 10.0. The van der Waals surface area contributed by atoms with Crippen LogP contribution in [0.1, 0.15) is 24.8 Å². The van der Waals surface area contributed by atoms with Crippen molar-refractivity contribution in [2.75, 3.05) is 7.11 Å². The highest BCUT2D eigenvalue weighted by Gasteiger charge is 2.41. The highest BCUT2D eigenvalue weighted by molar-refractivity contribution is 5.66. The van der Waals surface area contributed by atoms with Crippen LogP contribution in [0.5, 0.6) is 5.75 Å². The standard InChI is InChI=1S/C12H14O3/c1-8(13)15-12-7-11(12)9-3-5-10(14-2)6-4-9/h3-6,11-12H,7H2,1-2H3. The van der Waals surface area contributed by atoms with Gasteiger partial charge in [0.05, 0.1) is 7.11 Å². The summed E-state index contributed by atoms with van der Waals surface area (Å²) in [6.07, 6.45) is 1.02. The monoisotopic (exact) mass is 206 g/mol. The zero-order chi connectivity index (χ0) is 10.8. The lowest BCUT2D eigenvalue weighted by Gasteiger charge is -2.03. The van der Waals surface area contributed by atoms with E-state index >= 15 is 0 Å². The van der Waals surface area contributed by atoms with Crippen molar-refractivity contribution in [1.82, 2.24) is 0 Å². The second-order valence-electron chi connectivity index (χ2n) is 3.76. The number of esters is 1. The Morgan fingerprint density at radius 1 is 1.33 bits per heavy atom. The molecule has 0 aromatic heterocycles. The van der Waals surface area contributed by atoms with Gasteiger partial charge in [-0.3, -0.25) is 4.79 Å². The Labute approximate surface area is 89.0 Å². The van der Waals surface area contributed by atoms with Gasteiger partial charge in [0.15, 0.2) is 0 Å². The predicted octanol–water partition coefficient (Wildman–Crippen LogP) is 2.11. The largest absolute Gasteiger partial charge is 0.497 e. The molecule has 2 unspecified atom stereocenters. The minimum Gasteiger partial charge on any atom is -0.497 e. The lowest BCUT2D eigenvalue weighted by atomic mass is 10.1. The minimum absolute atomic E-state index is 0.0795. The van der Waals surface area contributed by atoms with Crippen molar-refractivity contribution in [3.8, 4) is 5.75 Å². The van der Waals surface area contributed by atoms with Crippen molar-refractivity contribution in [3.05, 3.63) is 29.8 Å². The molecule has 1 saturated carbocycles. The molecule has 0 spiro atoms. The maximum atomic E-state index is 10.7. The summed E-state index contributed by atoms with van der Waals surface area (Å²) >= 11 is 0. The maximum absolute atomic E-state index is 10.7. The zero-order valence-corrected chi connectivity index (χ0v) is 8.90. The molecule has 1 aromatic carbocycles. The van der Waals surface area contributed by atoms with Crippen LogP contribution in [-0.2, 0) is 9.53 Å². The zero-order valence-electron chi connectivity index (χ0n) is 8.90. The van der Waals surface area contributed by atoms with Crippen molar-refractivity contribution in [2.24, 2.45) is 0 Å². The lowest BCUT2D eigenvalue weighted by molar-refractivity contribution is -0.142. The van der Waals surface area contributed by atoms with Crippen molar-refractivity contribution in [3.63, 3.8) is 0 Å². The van der Waals surface area contributed by atoms with Gasteiger partial charge in [-0.1, -0.05) is 12.1 Å².